The van der Waals surface area contributed by atoms with E-state index >= 15 is 0 Å². The zero-order valence-corrected chi connectivity index (χ0v) is 14.1. The number of carbonyl (C=O) groups is 2. The number of hydrogen-bond acceptors (Lipinski definition) is 7. The Morgan fingerprint density at radius 3 is 2.52 bits per heavy atom. The van der Waals surface area contributed by atoms with Crippen molar-refractivity contribution in [3.63, 3.8) is 0 Å². The van der Waals surface area contributed by atoms with Crippen LogP contribution in [0.5, 0.6) is 0 Å². The molecular formula is C15H22N4O3S. The molecule has 1 amide bonds. The first-order valence-corrected chi connectivity index (χ1v) is 7.42. The SMILES string of the molecule is C=C/C=C(\C=C/N)C(=C)S/C(=N\N)N(C)C(=O)CCC(=O)OC. The molecule has 0 aromatic rings. The molecule has 0 atom stereocenters. The average Bonchev–Trinajstić information content (AvgIpc) is 2.55. The van der Waals surface area contributed by atoms with Crippen molar-refractivity contribution in [3.05, 3.63) is 48.1 Å². The van der Waals surface area contributed by atoms with Crippen LogP contribution in [0.25, 0.3) is 0 Å². The summed E-state index contributed by atoms with van der Waals surface area (Å²) in [7, 11) is 2.78. The highest BCUT2D eigenvalue weighted by Crippen LogP contribution is 2.26. The number of carbonyl (C=O) groups excluding carboxylic acids is 2. The number of esters is 1. The summed E-state index contributed by atoms with van der Waals surface area (Å²) in [6, 6.07) is 0. The van der Waals surface area contributed by atoms with E-state index in [0.29, 0.717) is 10.5 Å². The van der Waals surface area contributed by atoms with Crippen LogP contribution in [0.1, 0.15) is 12.8 Å². The van der Waals surface area contributed by atoms with Gasteiger partial charge in [0, 0.05) is 18.4 Å². The number of ether oxygens (including phenoxy) is 1. The largest absolute Gasteiger partial charge is 0.469 e. The van der Waals surface area contributed by atoms with Crippen LogP contribution in [0.3, 0.4) is 0 Å². The number of amidine groups is 1. The van der Waals surface area contributed by atoms with Crippen molar-refractivity contribution in [2.45, 2.75) is 12.8 Å². The number of nitrogens with zero attached hydrogens (tertiary/aromatic N) is 2. The normalized spacial score (nSPS) is 12.1. The van der Waals surface area contributed by atoms with Crippen LogP contribution in [0, 0.1) is 0 Å². The van der Waals surface area contributed by atoms with Crippen molar-refractivity contribution in [2.24, 2.45) is 16.7 Å². The molecule has 0 aliphatic carbocycles. The predicted molar refractivity (Wildman–Crippen MR) is 94.0 cm³/mol. The summed E-state index contributed by atoms with van der Waals surface area (Å²) in [6.45, 7) is 7.51. The zero-order chi connectivity index (χ0) is 17.8. The molecule has 0 radical (unpaired) electrons. The fourth-order valence-electron chi connectivity index (χ4n) is 1.41. The Kier molecular flexibility index (Phi) is 9.94. The maximum Gasteiger partial charge on any atom is 0.306 e. The van der Waals surface area contributed by atoms with Gasteiger partial charge in [-0.1, -0.05) is 25.3 Å². The van der Waals surface area contributed by atoms with E-state index in [2.05, 4.69) is 23.0 Å². The standard InChI is InChI=1S/C15H22N4O3S/c1-5-6-12(9-10-16)11(2)23-15(18-17)19(3)13(20)7-8-14(21)22-4/h5-6,9-10H,1-2,7-8,16-17H2,3-4H3/b10-9-,12-6+,18-15-. The van der Waals surface area contributed by atoms with E-state index in [0.717, 1.165) is 11.8 Å². The smallest absolute Gasteiger partial charge is 0.306 e. The van der Waals surface area contributed by atoms with Gasteiger partial charge in [0.05, 0.1) is 13.5 Å². The van der Waals surface area contributed by atoms with E-state index in [1.54, 1.807) is 18.2 Å². The summed E-state index contributed by atoms with van der Waals surface area (Å²) in [6.07, 6.45) is 6.29. The fraction of sp³-hybridized carbons (Fsp3) is 0.267. The quantitative estimate of drug-likeness (QED) is 0.181. The van der Waals surface area contributed by atoms with Crippen molar-refractivity contribution in [2.75, 3.05) is 14.2 Å². The number of hydrazone groups is 1. The third-order valence-corrected chi connectivity index (χ3v) is 3.70. The van der Waals surface area contributed by atoms with Crippen LogP contribution in [-0.2, 0) is 14.3 Å². The van der Waals surface area contributed by atoms with Crippen LogP contribution in [-0.4, -0.2) is 36.1 Å². The first-order chi connectivity index (χ1) is 10.9. The molecule has 0 rings (SSSR count). The number of amides is 1. The number of methoxy groups -OCH3 is 1. The average molecular weight is 338 g/mol. The molecule has 8 heteroatoms. The lowest BCUT2D eigenvalue weighted by atomic mass is 10.2. The van der Waals surface area contributed by atoms with Gasteiger partial charge >= 0.3 is 5.97 Å². The minimum absolute atomic E-state index is 0.00666. The van der Waals surface area contributed by atoms with Gasteiger partial charge in [-0.05, 0) is 29.6 Å². The molecule has 0 unspecified atom stereocenters. The molecule has 0 aromatic heterocycles. The van der Waals surface area contributed by atoms with Crippen molar-refractivity contribution < 1.29 is 14.3 Å². The molecule has 0 fully saturated rings. The molecule has 0 bridgehead atoms. The maximum absolute atomic E-state index is 12.0. The van der Waals surface area contributed by atoms with Crippen molar-refractivity contribution in [1.82, 2.24) is 4.90 Å². The second-order valence-corrected chi connectivity index (χ2v) is 5.24. The van der Waals surface area contributed by atoms with Gasteiger partial charge in [0.1, 0.15) is 0 Å². The second-order valence-electron chi connectivity index (χ2n) is 4.18. The molecule has 0 saturated carbocycles. The van der Waals surface area contributed by atoms with Gasteiger partial charge in [0.15, 0.2) is 5.17 Å². The number of hydrogen-bond donors (Lipinski definition) is 2. The number of allylic oxidation sites excluding steroid dienone is 4. The first-order valence-electron chi connectivity index (χ1n) is 6.60. The minimum Gasteiger partial charge on any atom is -0.469 e. The van der Waals surface area contributed by atoms with E-state index < -0.39 is 5.97 Å². The molecule has 4 N–H and O–H groups in total. The Morgan fingerprint density at radius 1 is 1.39 bits per heavy atom. The Hall–Kier alpha value is -2.48. The Labute approximate surface area is 140 Å². The molecule has 0 spiro atoms. The second kappa shape index (κ2) is 11.1. The van der Waals surface area contributed by atoms with Gasteiger partial charge in [-0.15, -0.1) is 0 Å². The monoisotopic (exact) mass is 338 g/mol. The van der Waals surface area contributed by atoms with E-state index in [4.69, 9.17) is 11.6 Å². The number of rotatable bonds is 7. The van der Waals surface area contributed by atoms with Crippen LogP contribution < -0.4 is 11.6 Å². The van der Waals surface area contributed by atoms with E-state index in [1.807, 2.05) is 0 Å². The van der Waals surface area contributed by atoms with Gasteiger partial charge in [-0.3, -0.25) is 14.5 Å². The highest BCUT2D eigenvalue weighted by molar-refractivity contribution is 8.17. The third-order valence-electron chi connectivity index (χ3n) is 2.65. The molecule has 0 aliphatic rings. The van der Waals surface area contributed by atoms with Gasteiger partial charge in [-0.2, -0.15) is 5.10 Å². The summed E-state index contributed by atoms with van der Waals surface area (Å²) in [5.74, 6) is 4.57. The molecule has 0 saturated heterocycles. The van der Waals surface area contributed by atoms with Gasteiger partial charge in [0.25, 0.3) is 0 Å². The van der Waals surface area contributed by atoms with Gasteiger partial charge in [-0.25, -0.2) is 0 Å². The molecule has 7 nitrogen and oxygen atoms in total. The Morgan fingerprint density at radius 2 is 2.04 bits per heavy atom. The maximum atomic E-state index is 12.0. The molecular weight excluding hydrogens is 316 g/mol. The van der Waals surface area contributed by atoms with Gasteiger partial charge < -0.3 is 16.3 Å². The highest BCUT2D eigenvalue weighted by Gasteiger charge is 2.18. The third kappa shape index (κ3) is 7.37. The molecule has 126 valence electrons. The van der Waals surface area contributed by atoms with Crippen LogP contribution in [0.15, 0.2) is 53.2 Å². The van der Waals surface area contributed by atoms with Crippen molar-refractivity contribution in [1.29, 1.82) is 0 Å². The fourth-order valence-corrected chi connectivity index (χ4v) is 2.17. The van der Waals surface area contributed by atoms with E-state index in [9.17, 15) is 9.59 Å². The van der Waals surface area contributed by atoms with Crippen LogP contribution >= 0.6 is 11.8 Å². The minimum atomic E-state index is -0.459. The Bertz CT molecular complexity index is 553. The predicted octanol–water partition coefficient (Wildman–Crippen LogP) is 1.46. The summed E-state index contributed by atoms with van der Waals surface area (Å²) < 4.78 is 4.50. The lowest BCUT2D eigenvalue weighted by molar-refractivity contribution is -0.142. The number of nitrogens with two attached hydrogens (primary N) is 2. The molecule has 0 aliphatic heterocycles. The number of thioether (sulfide) groups is 1. The topological polar surface area (TPSA) is 111 Å². The summed E-state index contributed by atoms with van der Waals surface area (Å²) >= 11 is 1.11. The van der Waals surface area contributed by atoms with Crippen molar-refractivity contribution >= 4 is 28.8 Å². The summed E-state index contributed by atoms with van der Waals surface area (Å²) in [5.41, 5.74) is 6.09. The van der Waals surface area contributed by atoms with Crippen LogP contribution in [0.4, 0.5) is 0 Å². The lowest BCUT2D eigenvalue weighted by Gasteiger charge is -2.18. The van der Waals surface area contributed by atoms with Crippen LogP contribution in [0.2, 0.25) is 0 Å². The Balaban J connectivity index is 4.92. The summed E-state index contributed by atoms with van der Waals surface area (Å²) in [5, 5.41) is 3.84. The zero-order valence-electron chi connectivity index (χ0n) is 13.3. The molecule has 23 heavy (non-hydrogen) atoms. The van der Waals surface area contributed by atoms with E-state index in [-0.39, 0.29) is 23.9 Å². The highest BCUT2D eigenvalue weighted by atomic mass is 32.2. The van der Waals surface area contributed by atoms with E-state index in [1.165, 1.54) is 25.3 Å². The van der Waals surface area contributed by atoms with Crippen molar-refractivity contribution in [3.8, 4) is 0 Å². The molecule has 0 aromatic carbocycles. The summed E-state index contributed by atoms with van der Waals surface area (Å²) in [4.78, 5) is 25.0. The lowest BCUT2D eigenvalue weighted by Crippen LogP contribution is -2.32. The molecule has 0 heterocycles. The first kappa shape index (κ1) is 20.5. The van der Waals surface area contributed by atoms with Gasteiger partial charge in [0.2, 0.25) is 5.91 Å².